The van der Waals surface area contributed by atoms with Crippen molar-refractivity contribution in [2.45, 2.75) is 6.54 Å². The molecule has 0 fully saturated rings. The van der Waals surface area contributed by atoms with Gasteiger partial charge in [-0.3, -0.25) is 10.1 Å². The van der Waals surface area contributed by atoms with Gasteiger partial charge in [0.15, 0.2) is 0 Å². The number of nitrogens with one attached hydrogen (secondary N) is 1. The minimum absolute atomic E-state index is 0.0182. The van der Waals surface area contributed by atoms with Gasteiger partial charge in [0.1, 0.15) is 19.3 Å². The number of H-pyrrole nitrogens is 1. The predicted octanol–water partition coefficient (Wildman–Crippen LogP) is 4.21. The first-order valence-corrected chi connectivity index (χ1v) is 9.80. The zero-order valence-corrected chi connectivity index (χ0v) is 17.1. The van der Waals surface area contributed by atoms with Crippen LogP contribution in [-0.2, 0) is 11.3 Å². The molecule has 2 aromatic heterocycles. The van der Waals surface area contributed by atoms with E-state index in [0.717, 1.165) is 17.1 Å². The van der Waals surface area contributed by atoms with Gasteiger partial charge in [0.05, 0.1) is 10.5 Å². The van der Waals surface area contributed by atoms with E-state index in [9.17, 15) is 25.0 Å². The van der Waals surface area contributed by atoms with E-state index in [4.69, 9.17) is 4.74 Å². The van der Waals surface area contributed by atoms with Crippen LogP contribution in [0.1, 0.15) is 21.7 Å². The third-order valence-electron chi connectivity index (χ3n) is 4.94. The van der Waals surface area contributed by atoms with Crippen LogP contribution in [0.4, 0.5) is 11.5 Å². The summed E-state index contributed by atoms with van der Waals surface area (Å²) >= 11 is 0. The molecule has 2 heterocycles. The Labute approximate surface area is 186 Å². The Morgan fingerprint density at radius 1 is 1.06 bits per heavy atom. The van der Waals surface area contributed by atoms with Gasteiger partial charge in [-0.1, -0.05) is 18.2 Å². The van der Waals surface area contributed by atoms with Crippen LogP contribution >= 0.6 is 0 Å². The molecule has 0 unspecified atom stereocenters. The van der Waals surface area contributed by atoms with E-state index < -0.39 is 15.8 Å². The first-order valence-electron chi connectivity index (χ1n) is 9.80. The van der Waals surface area contributed by atoms with Crippen molar-refractivity contribution in [1.29, 1.82) is 0 Å². The zero-order chi connectivity index (χ0) is 23.4. The Hall–Kier alpha value is -4.80. The number of non-ortho nitro benzene ring substituents is 1. The van der Waals surface area contributed by atoms with Crippen LogP contribution < -0.4 is 0 Å². The molecule has 0 amide bonds. The Kier molecular flexibility index (Phi) is 5.94. The number of benzene rings is 2. The highest BCUT2D eigenvalue weighted by atomic mass is 16.6. The van der Waals surface area contributed by atoms with E-state index >= 15 is 0 Å². The molecule has 0 spiro atoms. The molecular formula is C22H17N5O6. The number of nitro groups is 2. The number of rotatable bonds is 8. The lowest BCUT2D eigenvalue weighted by Crippen LogP contribution is -2.13. The van der Waals surface area contributed by atoms with Crippen molar-refractivity contribution in [3.8, 4) is 0 Å². The average molecular weight is 447 g/mol. The molecule has 166 valence electrons. The lowest BCUT2D eigenvalue weighted by atomic mass is 10.2. The number of carbonyl (C=O) groups excluding carboxylic acids is 1. The highest BCUT2D eigenvalue weighted by Gasteiger charge is 2.20. The van der Waals surface area contributed by atoms with Crippen LogP contribution in [0.3, 0.4) is 0 Å². The largest absolute Gasteiger partial charge is 0.458 e. The Morgan fingerprint density at radius 3 is 2.55 bits per heavy atom. The summed E-state index contributed by atoms with van der Waals surface area (Å²) < 4.78 is 6.66. The van der Waals surface area contributed by atoms with Gasteiger partial charge in [-0.25, -0.2) is 14.3 Å². The van der Waals surface area contributed by atoms with Crippen LogP contribution in [0.2, 0.25) is 0 Å². The molecule has 11 nitrogen and oxygen atoms in total. The third-order valence-corrected chi connectivity index (χ3v) is 4.94. The van der Waals surface area contributed by atoms with E-state index in [-0.39, 0.29) is 30.5 Å². The Morgan fingerprint density at radius 2 is 1.82 bits per heavy atom. The zero-order valence-electron chi connectivity index (χ0n) is 17.1. The molecule has 2 aromatic carbocycles. The molecule has 0 saturated carbocycles. The second kappa shape index (κ2) is 9.14. The fourth-order valence-electron chi connectivity index (χ4n) is 3.31. The summed E-state index contributed by atoms with van der Waals surface area (Å²) in [6, 6.07) is 13.1. The third kappa shape index (κ3) is 4.61. The van der Waals surface area contributed by atoms with Crippen molar-refractivity contribution >= 4 is 40.5 Å². The van der Waals surface area contributed by atoms with Crippen molar-refractivity contribution in [3.63, 3.8) is 0 Å². The fraction of sp³-hybridized carbons (Fsp3) is 0.0909. The molecule has 1 N–H and O–H groups in total. The van der Waals surface area contributed by atoms with E-state index in [2.05, 4.69) is 9.97 Å². The second-order valence-electron chi connectivity index (χ2n) is 6.95. The van der Waals surface area contributed by atoms with Gasteiger partial charge in [-0.2, -0.15) is 0 Å². The molecule has 0 bridgehead atoms. The molecule has 33 heavy (non-hydrogen) atoms. The Balaban J connectivity index is 1.47. The van der Waals surface area contributed by atoms with Crippen molar-refractivity contribution in [3.05, 3.63) is 98.1 Å². The maximum absolute atomic E-state index is 12.5. The number of esters is 1. The molecule has 11 heteroatoms. The lowest BCUT2D eigenvalue weighted by Gasteiger charge is -2.05. The molecule has 0 radical (unpaired) electrons. The minimum Gasteiger partial charge on any atom is -0.458 e. The average Bonchev–Trinajstić information content (AvgIpc) is 3.42. The molecule has 4 rings (SSSR count). The SMILES string of the molecule is O=C(OCCn1c([N+](=O)[O-])cnc1/C=C\c1ccc([N+](=O)[O-])cc1)c1c[nH]c2ccccc12. The number of carbonyl (C=O) groups is 1. The smallest absolute Gasteiger partial charge is 0.343 e. The molecule has 0 aliphatic carbocycles. The number of fused-ring (bicyclic) bond motifs is 1. The monoisotopic (exact) mass is 447 g/mol. The van der Waals surface area contributed by atoms with Crippen LogP contribution in [0.5, 0.6) is 0 Å². The highest BCUT2D eigenvalue weighted by molar-refractivity contribution is 6.03. The summed E-state index contributed by atoms with van der Waals surface area (Å²) in [6.07, 6.45) is 5.86. The summed E-state index contributed by atoms with van der Waals surface area (Å²) in [5, 5.41) is 22.9. The predicted molar refractivity (Wildman–Crippen MR) is 119 cm³/mol. The summed E-state index contributed by atoms with van der Waals surface area (Å²) in [5.74, 6) is -0.511. The summed E-state index contributed by atoms with van der Waals surface area (Å²) in [7, 11) is 0. The quantitative estimate of drug-likeness (QED) is 0.242. The van der Waals surface area contributed by atoms with Gasteiger partial charge in [0.25, 0.3) is 5.69 Å². The molecule has 4 aromatic rings. The van der Waals surface area contributed by atoms with Gasteiger partial charge < -0.3 is 19.8 Å². The van der Waals surface area contributed by atoms with Crippen LogP contribution in [0.15, 0.2) is 60.9 Å². The number of aromatic amines is 1. The maximum Gasteiger partial charge on any atom is 0.343 e. The van der Waals surface area contributed by atoms with Gasteiger partial charge >= 0.3 is 11.8 Å². The first-order chi connectivity index (χ1) is 15.9. The van der Waals surface area contributed by atoms with Crippen molar-refractivity contribution in [2.24, 2.45) is 0 Å². The number of imidazole rings is 1. The van der Waals surface area contributed by atoms with E-state index in [1.165, 1.54) is 16.7 Å². The number of nitro benzene ring substituents is 1. The topological polar surface area (TPSA) is 146 Å². The summed E-state index contributed by atoms with van der Waals surface area (Å²) in [6.45, 7) is -0.0851. The van der Waals surface area contributed by atoms with Crippen molar-refractivity contribution in [2.75, 3.05) is 6.61 Å². The summed E-state index contributed by atoms with van der Waals surface area (Å²) in [5.41, 5.74) is 1.79. The minimum atomic E-state index is -0.572. The second-order valence-corrected chi connectivity index (χ2v) is 6.95. The van der Waals surface area contributed by atoms with Crippen LogP contribution in [-0.4, -0.2) is 37.0 Å². The van der Waals surface area contributed by atoms with E-state index in [1.807, 2.05) is 18.2 Å². The molecule has 0 aliphatic heterocycles. The normalized spacial score (nSPS) is 11.2. The number of hydrogen-bond acceptors (Lipinski definition) is 7. The standard InChI is InChI=1S/C22H17N5O6/c28-22(18-13-23-19-4-2-1-3-17(18)19)33-12-11-25-20(24-14-21(25)27(31)32)10-7-15-5-8-16(9-6-15)26(29)30/h1-10,13-14,23H,11-12H2/b10-7-. The van der Waals surface area contributed by atoms with Crippen LogP contribution in [0.25, 0.3) is 23.1 Å². The van der Waals surface area contributed by atoms with Crippen molar-refractivity contribution < 1.29 is 19.4 Å². The van der Waals surface area contributed by atoms with Crippen molar-refractivity contribution in [1.82, 2.24) is 14.5 Å². The van der Waals surface area contributed by atoms with E-state index in [0.29, 0.717) is 11.1 Å². The number of aromatic nitrogens is 3. The fourth-order valence-corrected chi connectivity index (χ4v) is 3.31. The molecule has 0 saturated heterocycles. The molecule has 0 atom stereocenters. The van der Waals surface area contributed by atoms with Gasteiger partial charge in [-0.15, -0.1) is 0 Å². The van der Waals surface area contributed by atoms with Gasteiger partial charge in [0.2, 0.25) is 5.82 Å². The maximum atomic E-state index is 12.5. The highest BCUT2D eigenvalue weighted by Crippen LogP contribution is 2.20. The van der Waals surface area contributed by atoms with Gasteiger partial charge in [0, 0.05) is 35.3 Å². The lowest BCUT2D eigenvalue weighted by molar-refractivity contribution is -0.392. The Bertz CT molecular complexity index is 1370. The summed E-state index contributed by atoms with van der Waals surface area (Å²) in [4.78, 5) is 40.6. The van der Waals surface area contributed by atoms with E-state index in [1.54, 1.807) is 36.5 Å². The number of hydrogen-bond donors (Lipinski definition) is 1. The van der Waals surface area contributed by atoms with Crippen LogP contribution in [0, 0.1) is 20.2 Å². The molecule has 0 aliphatic rings. The first kappa shape index (κ1) is 21.4. The molecular weight excluding hydrogens is 430 g/mol. The number of nitrogens with zero attached hydrogens (tertiary/aromatic N) is 4. The number of ether oxygens (including phenoxy) is 1. The van der Waals surface area contributed by atoms with Gasteiger partial charge in [-0.05, 0) is 34.8 Å². The number of para-hydroxylation sites is 1.